The Morgan fingerprint density at radius 2 is 1.96 bits per heavy atom. The van der Waals surface area contributed by atoms with Crippen LogP contribution in [0.15, 0.2) is 12.1 Å². The van der Waals surface area contributed by atoms with Crippen molar-refractivity contribution in [1.29, 1.82) is 0 Å². The van der Waals surface area contributed by atoms with E-state index in [0.717, 1.165) is 58.3 Å². The molecule has 1 fully saturated rings. The molecule has 0 aromatic heterocycles. The Kier molecular flexibility index (Phi) is 7.53. The summed E-state index contributed by atoms with van der Waals surface area (Å²) in [7, 11) is 2.21. The summed E-state index contributed by atoms with van der Waals surface area (Å²) in [6.45, 7) is 16.5. The number of hydrogen-bond donors (Lipinski definition) is 0. The number of rotatable bonds is 8. The van der Waals surface area contributed by atoms with Gasteiger partial charge in [0.15, 0.2) is 0 Å². The zero-order valence-corrected chi connectivity index (χ0v) is 16.1. The fourth-order valence-corrected chi connectivity index (χ4v) is 3.15. The number of aryl methyl sites for hydroxylation is 1. The highest BCUT2D eigenvalue weighted by Gasteiger charge is 2.14. The van der Waals surface area contributed by atoms with E-state index in [1.165, 1.54) is 16.7 Å². The minimum Gasteiger partial charge on any atom is -0.494 e. The van der Waals surface area contributed by atoms with Crippen molar-refractivity contribution < 1.29 is 9.47 Å². The topological polar surface area (TPSA) is 24.9 Å². The van der Waals surface area contributed by atoms with Crippen molar-refractivity contribution >= 4 is 0 Å². The lowest BCUT2D eigenvalue weighted by molar-refractivity contribution is 0.0342. The van der Waals surface area contributed by atoms with E-state index in [2.05, 4.69) is 49.8 Å². The van der Waals surface area contributed by atoms with E-state index in [9.17, 15) is 0 Å². The number of ether oxygens (including phenoxy) is 2. The Bertz CT molecular complexity index is 511. The van der Waals surface area contributed by atoms with Crippen LogP contribution in [0.25, 0.3) is 0 Å². The number of nitrogens with zero attached hydrogens (tertiary/aromatic N) is 2. The van der Waals surface area contributed by atoms with Crippen molar-refractivity contribution in [2.45, 2.75) is 40.2 Å². The fourth-order valence-electron chi connectivity index (χ4n) is 3.15. The Balaban J connectivity index is 1.98. The highest BCUT2D eigenvalue weighted by molar-refractivity contribution is 5.44. The smallest absolute Gasteiger partial charge is 0.123 e. The second kappa shape index (κ2) is 9.40. The first kappa shape index (κ1) is 19.2. The molecule has 0 saturated carbocycles. The van der Waals surface area contributed by atoms with Gasteiger partial charge in [-0.3, -0.25) is 4.90 Å². The number of hydrogen-bond acceptors (Lipinski definition) is 4. The van der Waals surface area contributed by atoms with Crippen molar-refractivity contribution in [3.63, 3.8) is 0 Å². The van der Waals surface area contributed by atoms with Gasteiger partial charge in [-0.25, -0.2) is 0 Å². The molecule has 0 radical (unpaired) electrons. The minimum absolute atomic E-state index is 0.476. The second-order valence-electron chi connectivity index (χ2n) is 7.10. The van der Waals surface area contributed by atoms with Crippen molar-refractivity contribution in [2.75, 3.05) is 53.0 Å². The maximum atomic E-state index is 5.83. The summed E-state index contributed by atoms with van der Waals surface area (Å²) in [5.74, 6) is 1.52. The van der Waals surface area contributed by atoms with Gasteiger partial charge in [0.2, 0.25) is 0 Å². The van der Waals surface area contributed by atoms with Crippen molar-refractivity contribution in [2.24, 2.45) is 0 Å². The van der Waals surface area contributed by atoms with E-state index in [-0.39, 0.29) is 0 Å². The van der Waals surface area contributed by atoms with Crippen molar-refractivity contribution in [3.05, 3.63) is 28.8 Å². The highest BCUT2D eigenvalue weighted by atomic mass is 16.5. The third kappa shape index (κ3) is 5.47. The monoisotopic (exact) mass is 334 g/mol. The second-order valence-corrected chi connectivity index (χ2v) is 7.10. The van der Waals surface area contributed by atoms with Crippen LogP contribution in [0.2, 0.25) is 0 Å². The highest BCUT2D eigenvalue weighted by Crippen LogP contribution is 2.30. The first-order chi connectivity index (χ1) is 11.5. The lowest BCUT2D eigenvalue weighted by Crippen LogP contribution is -2.40. The molecule has 4 nitrogen and oxygen atoms in total. The van der Waals surface area contributed by atoms with Gasteiger partial charge in [-0.05, 0) is 49.6 Å². The molecule has 1 saturated heterocycles. The van der Waals surface area contributed by atoms with Gasteiger partial charge >= 0.3 is 0 Å². The summed E-state index contributed by atoms with van der Waals surface area (Å²) in [5, 5.41) is 0. The molecule has 1 aromatic carbocycles. The van der Waals surface area contributed by atoms with E-state index in [1.54, 1.807) is 0 Å². The third-order valence-corrected chi connectivity index (χ3v) is 4.73. The first-order valence-corrected chi connectivity index (χ1v) is 9.26. The summed E-state index contributed by atoms with van der Waals surface area (Å²) in [6.07, 6.45) is 0. The molecule has 24 heavy (non-hydrogen) atoms. The molecule has 0 spiro atoms. The van der Waals surface area contributed by atoms with Crippen LogP contribution in [0.5, 0.6) is 5.75 Å². The van der Waals surface area contributed by atoms with E-state index < -0.39 is 0 Å². The molecule has 0 N–H and O–H groups in total. The Hall–Kier alpha value is -1.10. The lowest BCUT2D eigenvalue weighted by Gasteiger charge is -2.29. The van der Waals surface area contributed by atoms with Crippen molar-refractivity contribution in [3.8, 4) is 5.75 Å². The lowest BCUT2D eigenvalue weighted by atomic mass is 9.96. The zero-order valence-electron chi connectivity index (χ0n) is 16.1. The summed E-state index contributed by atoms with van der Waals surface area (Å²) in [6, 6.07) is 4.56. The predicted molar refractivity (Wildman–Crippen MR) is 100 cm³/mol. The maximum Gasteiger partial charge on any atom is 0.123 e. The minimum atomic E-state index is 0.476. The van der Waals surface area contributed by atoms with E-state index >= 15 is 0 Å². The number of likely N-dealkylation sites (N-methyl/N-ethyl adjacent to an activating group) is 1. The number of benzene rings is 1. The summed E-state index contributed by atoms with van der Waals surface area (Å²) in [5.41, 5.74) is 4.05. The van der Waals surface area contributed by atoms with Gasteiger partial charge in [0.1, 0.15) is 5.75 Å². The van der Waals surface area contributed by atoms with Gasteiger partial charge in [0.25, 0.3) is 0 Å². The van der Waals surface area contributed by atoms with E-state index in [1.807, 2.05) is 6.92 Å². The van der Waals surface area contributed by atoms with Crippen LogP contribution in [0.4, 0.5) is 0 Å². The van der Waals surface area contributed by atoms with Crippen LogP contribution < -0.4 is 4.74 Å². The molecule has 0 aliphatic carbocycles. The first-order valence-electron chi connectivity index (χ1n) is 9.26. The van der Waals surface area contributed by atoms with Gasteiger partial charge in [0, 0.05) is 32.7 Å². The number of morpholine rings is 1. The van der Waals surface area contributed by atoms with Crippen LogP contribution in [-0.2, 0) is 11.3 Å². The summed E-state index contributed by atoms with van der Waals surface area (Å²) >= 11 is 0. The molecule has 0 atom stereocenters. The van der Waals surface area contributed by atoms with Gasteiger partial charge in [-0.2, -0.15) is 0 Å². The third-order valence-electron chi connectivity index (χ3n) is 4.73. The fraction of sp³-hybridized carbons (Fsp3) is 0.700. The Morgan fingerprint density at radius 3 is 2.58 bits per heavy atom. The summed E-state index contributed by atoms with van der Waals surface area (Å²) in [4.78, 5) is 4.91. The molecule has 136 valence electrons. The molecule has 1 aliphatic heterocycles. The Labute approximate surface area is 147 Å². The van der Waals surface area contributed by atoms with Crippen LogP contribution in [0.3, 0.4) is 0 Å². The molecular formula is C20H34N2O2. The van der Waals surface area contributed by atoms with Gasteiger partial charge in [-0.15, -0.1) is 0 Å². The molecule has 1 aromatic rings. The van der Waals surface area contributed by atoms with Gasteiger partial charge in [-0.1, -0.05) is 19.9 Å². The molecule has 0 bridgehead atoms. The largest absolute Gasteiger partial charge is 0.494 e. The van der Waals surface area contributed by atoms with Crippen LogP contribution in [-0.4, -0.2) is 62.8 Å². The zero-order chi connectivity index (χ0) is 17.5. The molecule has 0 amide bonds. The standard InChI is InChI=1S/C20H34N2O2/c1-6-24-20-13-17(4)18(14-19(20)16(2)3)15-21(5)7-8-22-9-11-23-12-10-22/h13-14,16H,6-12,15H2,1-5H3. The normalized spacial score (nSPS) is 16.1. The average molecular weight is 335 g/mol. The molecule has 2 rings (SSSR count). The van der Waals surface area contributed by atoms with E-state index in [0.29, 0.717) is 5.92 Å². The maximum absolute atomic E-state index is 5.83. The predicted octanol–water partition coefficient (Wildman–Crippen LogP) is 3.28. The quantitative estimate of drug-likeness (QED) is 0.728. The van der Waals surface area contributed by atoms with Crippen LogP contribution in [0.1, 0.15) is 43.4 Å². The van der Waals surface area contributed by atoms with Gasteiger partial charge in [0.05, 0.1) is 19.8 Å². The molecule has 4 heteroatoms. The van der Waals surface area contributed by atoms with Crippen molar-refractivity contribution in [1.82, 2.24) is 9.80 Å². The summed E-state index contributed by atoms with van der Waals surface area (Å²) < 4.78 is 11.3. The average Bonchev–Trinajstić information content (AvgIpc) is 2.56. The van der Waals surface area contributed by atoms with Gasteiger partial charge < -0.3 is 14.4 Å². The molecule has 1 heterocycles. The SMILES string of the molecule is CCOc1cc(C)c(CN(C)CCN2CCOCC2)cc1C(C)C. The molecular weight excluding hydrogens is 300 g/mol. The van der Waals surface area contributed by atoms with Crippen LogP contribution >= 0.6 is 0 Å². The molecule has 1 aliphatic rings. The Morgan fingerprint density at radius 1 is 1.25 bits per heavy atom. The van der Waals surface area contributed by atoms with Crippen LogP contribution in [0, 0.1) is 6.92 Å². The molecule has 0 unspecified atom stereocenters. The van der Waals surface area contributed by atoms with E-state index in [4.69, 9.17) is 9.47 Å².